The molecule has 0 spiro atoms. The fourth-order valence-corrected chi connectivity index (χ4v) is 2.53. The maximum atomic E-state index is 11.5. The van der Waals surface area contributed by atoms with Gasteiger partial charge in [0.1, 0.15) is 5.54 Å². The maximum Gasteiger partial charge on any atom is 0.323 e. The van der Waals surface area contributed by atoms with Crippen molar-refractivity contribution in [2.24, 2.45) is 5.73 Å². The number of carboxylic acid groups (broad SMARTS) is 1. The van der Waals surface area contributed by atoms with Crippen LogP contribution >= 0.6 is 0 Å². The average Bonchev–Trinajstić information content (AvgIpc) is 2.71. The van der Waals surface area contributed by atoms with Crippen LogP contribution < -0.4 is 5.73 Å². The van der Waals surface area contributed by atoms with Crippen LogP contribution in [0.25, 0.3) is 0 Å². The Morgan fingerprint density at radius 3 is 2.65 bits per heavy atom. The lowest BCUT2D eigenvalue weighted by Gasteiger charge is -2.35. The van der Waals surface area contributed by atoms with Gasteiger partial charge in [0.25, 0.3) is 0 Å². The van der Waals surface area contributed by atoms with Crippen LogP contribution in [0.2, 0.25) is 0 Å². The molecule has 2 unspecified atom stereocenters. The molecule has 0 bridgehead atoms. The van der Waals surface area contributed by atoms with E-state index in [0.29, 0.717) is 0 Å². The van der Waals surface area contributed by atoms with Gasteiger partial charge in [-0.05, 0) is 19.8 Å². The van der Waals surface area contributed by atoms with Crippen LogP contribution in [-0.4, -0.2) is 40.6 Å². The summed E-state index contributed by atoms with van der Waals surface area (Å²) in [7, 11) is 0. The quantitative estimate of drug-likeness (QED) is 0.668. The standard InChI is InChI=1S/C13H26N2O2/c1-3-4-5-6-8-13(2,12(16)17)15-9-7-11(14)10-15/h11H,3-10,14H2,1-2H3,(H,16,17). The summed E-state index contributed by atoms with van der Waals surface area (Å²) in [5.74, 6) is -0.705. The Morgan fingerprint density at radius 2 is 2.18 bits per heavy atom. The largest absolute Gasteiger partial charge is 0.480 e. The van der Waals surface area contributed by atoms with Gasteiger partial charge >= 0.3 is 5.97 Å². The first kappa shape index (κ1) is 14.5. The van der Waals surface area contributed by atoms with Gasteiger partial charge in [0, 0.05) is 19.1 Å². The van der Waals surface area contributed by atoms with Crippen molar-refractivity contribution < 1.29 is 9.90 Å². The minimum atomic E-state index is -0.720. The minimum Gasteiger partial charge on any atom is -0.480 e. The van der Waals surface area contributed by atoms with Gasteiger partial charge in [0.05, 0.1) is 0 Å². The number of carbonyl (C=O) groups is 1. The summed E-state index contributed by atoms with van der Waals surface area (Å²) in [5, 5.41) is 9.45. The highest BCUT2D eigenvalue weighted by molar-refractivity contribution is 5.78. The summed E-state index contributed by atoms with van der Waals surface area (Å²) in [6, 6.07) is 0.143. The van der Waals surface area contributed by atoms with Crippen molar-refractivity contribution in [3.05, 3.63) is 0 Å². The summed E-state index contributed by atoms with van der Waals surface area (Å²) >= 11 is 0. The Morgan fingerprint density at radius 1 is 1.47 bits per heavy atom. The zero-order chi connectivity index (χ0) is 12.9. The molecular weight excluding hydrogens is 216 g/mol. The van der Waals surface area contributed by atoms with Gasteiger partial charge in [0.2, 0.25) is 0 Å². The van der Waals surface area contributed by atoms with E-state index in [1.165, 1.54) is 12.8 Å². The van der Waals surface area contributed by atoms with E-state index in [-0.39, 0.29) is 6.04 Å². The SMILES string of the molecule is CCCCCCC(C)(C(=O)O)N1CCC(N)C1. The maximum absolute atomic E-state index is 11.5. The number of rotatable bonds is 7. The third-order valence-electron chi connectivity index (χ3n) is 3.90. The Kier molecular flexibility index (Phi) is 5.40. The van der Waals surface area contributed by atoms with Crippen molar-refractivity contribution in [1.29, 1.82) is 0 Å². The van der Waals surface area contributed by atoms with E-state index in [9.17, 15) is 9.90 Å². The second-order valence-corrected chi connectivity index (χ2v) is 5.38. The molecule has 0 amide bonds. The van der Waals surface area contributed by atoms with Crippen LogP contribution in [0.15, 0.2) is 0 Å². The zero-order valence-electron chi connectivity index (χ0n) is 11.1. The Bertz CT molecular complexity index is 258. The highest BCUT2D eigenvalue weighted by atomic mass is 16.4. The van der Waals surface area contributed by atoms with Crippen LogP contribution in [0.3, 0.4) is 0 Å². The average molecular weight is 242 g/mol. The topological polar surface area (TPSA) is 66.6 Å². The minimum absolute atomic E-state index is 0.143. The number of likely N-dealkylation sites (tertiary alicyclic amines) is 1. The lowest BCUT2D eigenvalue weighted by molar-refractivity contribution is -0.150. The van der Waals surface area contributed by atoms with Crippen molar-refractivity contribution in [1.82, 2.24) is 4.90 Å². The molecule has 0 aliphatic carbocycles. The molecule has 1 aliphatic rings. The molecule has 100 valence electrons. The number of carboxylic acids is 1. The third kappa shape index (κ3) is 3.68. The van der Waals surface area contributed by atoms with Crippen LogP contribution in [0.5, 0.6) is 0 Å². The second kappa shape index (κ2) is 6.36. The highest BCUT2D eigenvalue weighted by Crippen LogP contribution is 2.27. The predicted octanol–water partition coefficient (Wildman–Crippen LogP) is 1.83. The van der Waals surface area contributed by atoms with Gasteiger partial charge in [-0.3, -0.25) is 9.69 Å². The first-order valence-corrected chi connectivity index (χ1v) is 6.74. The first-order chi connectivity index (χ1) is 8.00. The Balaban J connectivity index is 2.53. The number of hydrogen-bond acceptors (Lipinski definition) is 3. The van der Waals surface area contributed by atoms with E-state index in [1.807, 2.05) is 11.8 Å². The molecule has 0 aromatic heterocycles. The molecule has 0 aromatic carbocycles. The molecule has 1 aliphatic heterocycles. The predicted molar refractivity (Wildman–Crippen MR) is 69.0 cm³/mol. The highest BCUT2D eigenvalue weighted by Gasteiger charge is 2.41. The number of nitrogens with two attached hydrogens (primary N) is 1. The number of unbranched alkanes of at least 4 members (excludes halogenated alkanes) is 3. The third-order valence-corrected chi connectivity index (χ3v) is 3.90. The summed E-state index contributed by atoms with van der Waals surface area (Å²) < 4.78 is 0. The molecule has 2 atom stereocenters. The molecule has 1 rings (SSSR count). The van der Waals surface area contributed by atoms with E-state index >= 15 is 0 Å². The smallest absolute Gasteiger partial charge is 0.323 e. The zero-order valence-corrected chi connectivity index (χ0v) is 11.1. The van der Waals surface area contributed by atoms with E-state index in [1.54, 1.807) is 0 Å². The Labute approximate surface area is 104 Å². The summed E-state index contributed by atoms with van der Waals surface area (Å²) in [6.45, 7) is 5.55. The molecule has 0 radical (unpaired) electrons. The summed E-state index contributed by atoms with van der Waals surface area (Å²) in [5.41, 5.74) is 5.14. The van der Waals surface area contributed by atoms with Crippen LogP contribution in [0.4, 0.5) is 0 Å². The molecule has 4 nitrogen and oxygen atoms in total. The van der Waals surface area contributed by atoms with E-state index < -0.39 is 11.5 Å². The molecular formula is C13H26N2O2. The van der Waals surface area contributed by atoms with Crippen molar-refractivity contribution in [2.45, 2.75) is 64.0 Å². The number of aliphatic carboxylic acids is 1. The van der Waals surface area contributed by atoms with Gasteiger partial charge in [-0.15, -0.1) is 0 Å². The van der Waals surface area contributed by atoms with Crippen molar-refractivity contribution in [2.75, 3.05) is 13.1 Å². The van der Waals surface area contributed by atoms with Gasteiger partial charge in [-0.25, -0.2) is 0 Å². The normalized spacial score (nSPS) is 24.8. The molecule has 1 heterocycles. The van der Waals surface area contributed by atoms with Gasteiger partial charge in [0.15, 0.2) is 0 Å². The van der Waals surface area contributed by atoms with Crippen LogP contribution in [-0.2, 0) is 4.79 Å². The monoisotopic (exact) mass is 242 g/mol. The van der Waals surface area contributed by atoms with Gasteiger partial charge < -0.3 is 10.8 Å². The van der Waals surface area contributed by atoms with Crippen LogP contribution in [0.1, 0.15) is 52.4 Å². The van der Waals surface area contributed by atoms with E-state index in [2.05, 4.69) is 6.92 Å². The van der Waals surface area contributed by atoms with Crippen LogP contribution in [0, 0.1) is 0 Å². The van der Waals surface area contributed by atoms with E-state index in [4.69, 9.17) is 5.73 Å². The molecule has 1 fully saturated rings. The molecule has 3 N–H and O–H groups in total. The van der Waals surface area contributed by atoms with E-state index in [0.717, 1.165) is 38.8 Å². The van der Waals surface area contributed by atoms with Gasteiger partial charge in [-0.2, -0.15) is 0 Å². The van der Waals surface area contributed by atoms with Crippen molar-refractivity contribution in [3.63, 3.8) is 0 Å². The number of hydrogen-bond donors (Lipinski definition) is 2. The van der Waals surface area contributed by atoms with Crippen molar-refractivity contribution >= 4 is 5.97 Å². The molecule has 17 heavy (non-hydrogen) atoms. The fraction of sp³-hybridized carbons (Fsp3) is 0.923. The van der Waals surface area contributed by atoms with Gasteiger partial charge in [-0.1, -0.05) is 32.6 Å². The molecule has 1 saturated heterocycles. The molecule has 4 heteroatoms. The lowest BCUT2D eigenvalue weighted by Crippen LogP contribution is -2.52. The first-order valence-electron chi connectivity index (χ1n) is 6.74. The fourth-order valence-electron chi connectivity index (χ4n) is 2.53. The summed E-state index contributed by atoms with van der Waals surface area (Å²) in [6.07, 6.45) is 6.13. The molecule has 0 saturated carbocycles. The lowest BCUT2D eigenvalue weighted by atomic mass is 9.92. The Hall–Kier alpha value is -0.610. The molecule has 0 aromatic rings. The second-order valence-electron chi connectivity index (χ2n) is 5.38. The summed E-state index contributed by atoms with van der Waals surface area (Å²) in [4.78, 5) is 13.5. The number of nitrogens with zero attached hydrogens (tertiary/aromatic N) is 1. The van der Waals surface area contributed by atoms with Crippen molar-refractivity contribution in [3.8, 4) is 0 Å².